The van der Waals surface area contributed by atoms with Gasteiger partial charge in [0, 0.05) is 18.7 Å². The molecule has 158 valence electrons. The first kappa shape index (κ1) is 20.1. The monoisotopic (exact) mass is 410 g/mol. The van der Waals surface area contributed by atoms with Crippen molar-refractivity contribution in [1.29, 1.82) is 0 Å². The number of methoxy groups -OCH3 is 2. The number of benzene rings is 1. The number of furan rings is 1. The van der Waals surface area contributed by atoms with Crippen molar-refractivity contribution in [1.82, 2.24) is 10.1 Å². The van der Waals surface area contributed by atoms with Crippen LogP contribution in [0.15, 0.2) is 51.6 Å². The third-order valence-electron chi connectivity index (χ3n) is 5.60. The third-order valence-corrected chi connectivity index (χ3v) is 5.60. The summed E-state index contributed by atoms with van der Waals surface area (Å²) < 4.78 is 21.4. The van der Waals surface area contributed by atoms with Crippen LogP contribution in [0.5, 0.6) is 11.5 Å². The molecule has 1 aliphatic heterocycles. The molecule has 4 rings (SSSR count). The molecular formula is C23H26N2O5. The number of aromatic nitrogens is 1. The van der Waals surface area contributed by atoms with Gasteiger partial charge in [-0.1, -0.05) is 11.2 Å². The van der Waals surface area contributed by atoms with Crippen LogP contribution in [0.25, 0.3) is 11.5 Å². The number of piperidine rings is 1. The summed E-state index contributed by atoms with van der Waals surface area (Å²) >= 11 is 0. The van der Waals surface area contributed by atoms with Crippen LogP contribution in [0, 0.1) is 0 Å². The van der Waals surface area contributed by atoms with Crippen molar-refractivity contribution >= 4 is 5.91 Å². The maximum Gasteiger partial charge on any atom is 0.276 e. The van der Waals surface area contributed by atoms with E-state index in [0.717, 1.165) is 50.0 Å². The molecule has 1 amide bonds. The molecule has 0 aliphatic carbocycles. The zero-order valence-electron chi connectivity index (χ0n) is 17.3. The Morgan fingerprint density at radius 1 is 1.13 bits per heavy atom. The topological polar surface area (TPSA) is 77.9 Å². The second-order valence-corrected chi connectivity index (χ2v) is 7.43. The van der Waals surface area contributed by atoms with Crippen molar-refractivity contribution in [3.05, 3.63) is 53.9 Å². The van der Waals surface area contributed by atoms with Crippen LogP contribution in [0.4, 0.5) is 0 Å². The van der Waals surface area contributed by atoms with Crippen molar-refractivity contribution < 1.29 is 23.2 Å². The number of likely N-dealkylation sites (tertiary alicyclic amines) is 1. The smallest absolute Gasteiger partial charge is 0.276 e. The van der Waals surface area contributed by atoms with Crippen LogP contribution < -0.4 is 9.47 Å². The first-order chi connectivity index (χ1) is 14.7. The van der Waals surface area contributed by atoms with Crippen LogP contribution in [-0.2, 0) is 6.42 Å². The third kappa shape index (κ3) is 4.20. The van der Waals surface area contributed by atoms with Gasteiger partial charge in [0.25, 0.3) is 5.91 Å². The second-order valence-electron chi connectivity index (χ2n) is 7.43. The maximum absolute atomic E-state index is 13.1. The van der Waals surface area contributed by atoms with Gasteiger partial charge in [-0.2, -0.15) is 0 Å². The number of carbonyl (C=O) groups is 1. The lowest BCUT2D eigenvalue weighted by Gasteiger charge is -2.35. The number of hydrogen-bond acceptors (Lipinski definition) is 6. The number of aryl methyl sites for hydroxylation is 1. The second kappa shape index (κ2) is 9.07. The van der Waals surface area contributed by atoms with Gasteiger partial charge in [-0.3, -0.25) is 4.79 Å². The van der Waals surface area contributed by atoms with Gasteiger partial charge in [0.1, 0.15) is 0 Å². The Kier molecular flexibility index (Phi) is 6.07. The minimum absolute atomic E-state index is 0.0893. The average molecular weight is 410 g/mol. The highest BCUT2D eigenvalue weighted by Gasteiger charge is 2.29. The molecule has 3 heterocycles. The first-order valence-electron chi connectivity index (χ1n) is 10.2. The zero-order valence-corrected chi connectivity index (χ0v) is 17.3. The lowest BCUT2D eigenvalue weighted by atomic mass is 9.95. The molecule has 1 aliphatic rings. The highest BCUT2D eigenvalue weighted by atomic mass is 16.5. The Balaban J connectivity index is 1.45. The van der Waals surface area contributed by atoms with E-state index >= 15 is 0 Å². The Morgan fingerprint density at radius 3 is 2.77 bits per heavy atom. The average Bonchev–Trinajstić information content (AvgIpc) is 3.49. The quantitative estimate of drug-likeness (QED) is 0.567. The predicted molar refractivity (Wildman–Crippen MR) is 111 cm³/mol. The van der Waals surface area contributed by atoms with Crippen LogP contribution in [0.1, 0.15) is 41.7 Å². The Bertz CT molecular complexity index is 979. The molecule has 3 aromatic rings. The molecule has 1 atom stereocenters. The van der Waals surface area contributed by atoms with Crippen molar-refractivity contribution in [2.45, 2.75) is 38.1 Å². The van der Waals surface area contributed by atoms with Gasteiger partial charge in [0.2, 0.25) is 5.76 Å². The van der Waals surface area contributed by atoms with Gasteiger partial charge in [-0.15, -0.1) is 0 Å². The molecule has 30 heavy (non-hydrogen) atoms. The first-order valence-corrected chi connectivity index (χ1v) is 10.2. The highest BCUT2D eigenvalue weighted by molar-refractivity contribution is 5.93. The number of amides is 1. The molecule has 2 aromatic heterocycles. The number of rotatable bonds is 7. The van der Waals surface area contributed by atoms with Crippen LogP contribution in [0.2, 0.25) is 0 Å². The molecular weight excluding hydrogens is 384 g/mol. The minimum Gasteiger partial charge on any atom is -0.493 e. The SMILES string of the molecule is COc1ccc(CCC2CCCCN2C(=O)c2cc(-c3ccco3)on2)cc1OC. The van der Waals surface area contributed by atoms with E-state index in [2.05, 4.69) is 5.16 Å². The summed E-state index contributed by atoms with van der Waals surface area (Å²) in [5.41, 5.74) is 1.48. The van der Waals surface area contributed by atoms with Crippen molar-refractivity contribution in [2.24, 2.45) is 0 Å². The molecule has 0 spiro atoms. The normalized spacial score (nSPS) is 16.5. The summed E-state index contributed by atoms with van der Waals surface area (Å²) in [4.78, 5) is 15.1. The Morgan fingerprint density at radius 2 is 2.00 bits per heavy atom. The fourth-order valence-corrected chi connectivity index (χ4v) is 4.00. The summed E-state index contributed by atoms with van der Waals surface area (Å²) in [6, 6.07) is 11.3. The van der Waals surface area contributed by atoms with E-state index in [1.54, 1.807) is 38.7 Å². The zero-order chi connectivity index (χ0) is 20.9. The van der Waals surface area contributed by atoms with Gasteiger partial charge in [-0.05, 0) is 61.9 Å². The van der Waals surface area contributed by atoms with E-state index in [-0.39, 0.29) is 11.9 Å². The maximum atomic E-state index is 13.1. The Hall–Kier alpha value is -3.22. The van der Waals surface area contributed by atoms with Gasteiger partial charge in [0.05, 0.1) is 20.5 Å². The molecule has 1 unspecified atom stereocenters. The van der Waals surface area contributed by atoms with Crippen LogP contribution in [0.3, 0.4) is 0 Å². The van der Waals surface area contributed by atoms with Gasteiger partial charge in [-0.25, -0.2) is 0 Å². The summed E-state index contributed by atoms with van der Waals surface area (Å²) in [7, 11) is 3.27. The Labute approximate surface area is 175 Å². The standard InChI is InChI=1S/C23H26N2O5/c1-27-19-11-9-16(14-21(19)28-2)8-10-17-6-3-4-12-25(17)23(26)18-15-22(30-24-18)20-7-5-13-29-20/h5,7,9,11,13-15,17H,3-4,6,8,10,12H2,1-2H3. The van der Waals surface area contributed by atoms with Gasteiger partial charge < -0.3 is 23.3 Å². The molecule has 0 radical (unpaired) electrons. The summed E-state index contributed by atoms with van der Waals surface area (Å²) in [6.07, 6.45) is 6.41. The van der Waals surface area contributed by atoms with Crippen LogP contribution >= 0.6 is 0 Å². The molecule has 0 bridgehead atoms. The lowest BCUT2D eigenvalue weighted by molar-refractivity contribution is 0.0591. The molecule has 1 aromatic carbocycles. The molecule has 0 saturated carbocycles. The molecule has 7 heteroatoms. The molecule has 7 nitrogen and oxygen atoms in total. The highest BCUT2D eigenvalue weighted by Crippen LogP contribution is 2.30. The van der Waals surface area contributed by atoms with E-state index < -0.39 is 0 Å². The number of carbonyl (C=O) groups excluding carboxylic acids is 1. The lowest BCUT2D eigenvalue weighted by Crippen LogP contribution is -2.44. The summed E-state index contributed by atoms with van der Waals surface area (Å²) in [6.45, 7) is 0.735. The van der Waals surface area contributed by atoms with Crippen LogP contribution in [-0.4, -0.2) is 42.8 Å². The van der Waals surface area contributed by atoms with Gasteiger partial charge in [0.15, 0.2) is 23.0 Å². The van der Waals surface area contributed by atoms with E-state index in [1.807, 2.05) is 23.1 Å². The predicted octanol–water partition coefficient (Wildman–Crippen LogP) is 4.58. The molecule has 1 saturated heterocycles. The van der Waals surface area contributed by atoms with E-state index in [0.29, 0.717) is 23.0 Å². The fourth-order valence-electron chi connectivity index (χ4n) is 4.00. The van der Waals surface area contributed by atoms with E-state index in [9.17, 15) is 4.79 Å². The molecule has 1 fully saturated rings. The minimum atomic E-state index is -0.0893. The fraction of sp³-hybridized carbons (Fsp3) is 0.391. The number of nitrogens with zero attached hydrogens (tertiary/aromatic N) is 2. The summed E-state index contributed by atoms with van der Waals surface area (Å²) in [5, 5.41) is 3.99. The van der Waals surface area contributed by atoms with Gasteiger partial charge >= 0.3 is 0 Å². The van der Waals surface area contributed by atoms with E-state index in [4.69, 9.17) is 18.4 Å². The molecule has 0 N–H and O–H groups in total. The van der Waals surface area contributed by atoms with Crippen molar-refractivity contribution in [2.75, 3.05) is 20.8 Å². The summed E-state index contributed by atoms with van der Waals surface area (Å²) in [5.74, 6) is 2.37. The van der Waals surface area contributed by atoms with Crippen molar-refractivity contribution in [3.63, 3.8) is 0 Å². The largest absolute Gasteiger partial charge is 0.493 e. The van der Waals surface area contributed by atoms with Crippen molar-refractivity contribution in [3.8, 4) is 23.0 Å². The number of ether oxygens (including phenoxy) is 2. The van der Waals surface area contributed by atoms with E-state index in [1.165, 1.54) is 0 Å². The number of hydrogen-bond donors (Lipinski definition) is 0.